The highest BCUT2D eigenvalue weighted by atomic mass is 16.6. The molecule has 0 radical (unpaired) electrons. The summed E-state index contributed by atoms with van der Waals surface area (Å²) in [5.74, 6) is -0.0759. The van der Waals surface area contributed by atoms with Gasteiger partial charge in [-0.15, -0.1) is 4.76 Å². The summed E-state index contributed by atoms with van der Waals surface area (Å²) in [6, 6.07) is 10.2. The molecule has 2 aromatic rings. The van der Waals surface area contributed by atoms with Crippen molar-refractivity contribution in [3.8, 4) is 5.75 Å². The minimum Gasteiger partial charge on any atom is -0.593 e. The molecule has 0 aliphatic carbocycles. The summed E-state index contributed by atoms with van der Waals surface area (Å²) in [5.41, 5.74) is 3.06. The lowest BCUT2D eigenvalue weighted by molar-refractivity contribution is 0.443. The lowest BCUT2D eigenvalue weighted by Crippen LogP contribution is -2.28. The van der Waals surface area contributed by atoms with E-state index in [4.69, 9.17) is 0 Å². The zero-order valence-electron chi connectivity index (χ0n) is 10.7. The van der Waals surface area contributed by atoms with Crippen LogP contribution in [0.4, 0.5) is 17.1 Å². The van der Waals surface area contributed by atoms with Crippen molar-refractivity contribution in [3.63, 3.8) is 0 Å². The molecule has 0 aromatic heterocycles. The zero-order chi connectivity index (χ0) is 13.6. The molecule has 96 valence electrons. The van der Waals surface area contributed by atoms with Crippen LogP contribution in [0.25, 0.3) is 0 Å². The van der Waals surface area contributed by atoms with Crippen LogP contribution in [0.5, 0.6) is 5.75 Å². The number of nitrogens with zero attached hydrogens (tertiary/aromatic N) is 3. The molecule has 3 rings (SSSR count). The van der Waals surface area contributed by atoms with Crippen molar-refractivity contribution in [2.45, 2.75) is 13.8 Å². The van der Waals surface area contributed by atoms with Gasteiger partial charge in [0.05, 0.1) is 0 Å². The molecule has 19 heavy (non-hydrogen) atoms. The minimum atomic E-state index is -1.09. The van der Waals surface area contributed by atoms with Crippen LogP contribution in [0.2, 0.25) is 0 Å². The van der Waals surface area contributed by atoms with E-state index in [0.29, 0.717) is 11.4 Å². The predicted octanol–water partition coefficient (Wildman–Crippen LogP) is 4.16. The second kappa shape index (κ2) is 3.88. The third-order valence-corrected chi connectivity index (χ3v) is 3.19. The van der Waals surface area contributed by atoms with Crippen LogP contribution in [-0.4, -0.2) is 5.11 Å². The van der Waals surface area contributed by atoms with Gasteiger partial charge >= 0.3 is 0 Å². The van der Waals surface area contributed by atoms with Crippen LogP contribution in [0, 0.1) is 19.1 Å². The van der Waals surface area contributed by atoms with Crippen molar-refractivity contribution in [1.29, 1.82) is 0 Å². The molecule has 0 spiro atoms. The van der Waals surface area contributed by atoms with Crippen molar-refractivity contribution < 1.29 is 5.11 Å². The molecule has 0 fully saturated rings. The summed E-state index contributed by atoms with van der Waals surface area (Å²) in [7, 11) is 0. The van der Waals surface area contributed by atoms with Crippen LogP contribution >= 0.6 is 0 Å². The highest BCUT2D eigenvalue weighted by Crippen LogP contribution is 2.49. The fourth-order valence-electron chi connectivity index (χ4n) is 2.18. The summed E-state index contributed by atoms with van der Waals surface area (Å²) in [4.78, 5) is 0. The smallest absolute Gasteiger partial charge is 0.208 e. The van der Waals surface area contributed by atoms with E-state index >= 15 is 0 Å². The van der Waals surface area contributed by atoms with E-state index in [2.05, 4.69) is 10.3 Å². The number of hydrogen-bond donors (Lipinski definition) is 1. The number of quaternary nitrogens is 1. The average molecular weight is 255 g/mol. The molecule has 0 saturated heterocycles. The third kappa shape index (κ3) is 1.71. The molecule has 1 N–H and O–H groups in total. The molecule has 0 amide bonds. The van der Waals surface area contributed by atoms with E-state index in [1.807, 2.05) is 26.0 Å². The molecule has 0 bridgehead atoms. The molecule has 2 aromatic carbocycles. The molecule has 5 heteroatoms. The first-order valence-corrected chi connectivity index (χ1v) is 5.95. The lowest BCUT2D eigenvalue weighted by atomic mass is 10.1. The Morgan fingerprint density at radius 2 is 1.68 bits per heavy atom. The molecule has 0 saturated carbocycles. The van der Waals surface area contributed by atoms with Crippen LogP contribution in [0.3, 0.4) is 0 Å². The Hall–Kier alpha value is -2.24. The second-order valence-corrected chi connectivity index (χ2v) is 4.75. The van der Waals surface area contributed by atoms with Gasteiger partial charge in [0.1, 0.15) is 0 Å². The first kappa shape index (κ1) is 11.8. The Balaban J connectivity index is 2.22. The van der Waals surface area contributed by atoms with Gasteiger partial charge in [0.25, 0.3) is 0 Å². The summed E-state index contributed by atoms with van der Waals surface area (Å²) in [6.45, 7) is 3.79. The predicted molar refractivity (Wildman–Crippen MR) is 73.4 cm³/mol. The maximum atomic E-state index is 12.9. The molecule has 1 unspecified atom stereocenters. The summed E-state index contributed by atoms with van der Waals surface area (Å²) < 4.78 is -1.09. The van der Waals surface area contributed by atoms with E-state index < -0.39 is 4.76 Å². The van der Waals surface area contributed by atoms with Crippen LogP contribution < -0.4 is 4.76 Å². The van der Waals surface area contributed by atoms with Crippen molar-refractivity contribution in [3.05, 3.63) is 52.7 Å². The van der Waals surface area contributed by atoms with Crippen molar-refractivity contribution in [2.75, 3.05) is 0 Å². The largest absolute Gasteiger partial charge is 0.593 e. The number of phenols is 1. The number of aryl methyl sites for hydroxylation is 2. The number of phenolic OH excluding ortho intramolecular Hbond substituents is 1. The standard InChI is InChI=1S/C14H13N3O2/c1-9-3-5-12-11(7-9)15-16-17(12,19)13-8-10(2)4-6-14(13)18/h3-8,18H,1-2H3. The van der Waals surface area contributed by atoms with E-state index in [9.17, 15) is 10.3 Å². The van der Waals surface area contributed by atoms with Gasteiger partial charge in [-0.25, -0.2) is 0 Å². The molecule has 1 aliphatic rings. The van der Waals surface area contributed by atoms with Gasteiger partial charge < -0.3 is 10.3 Å². The lowest BCUT2D eigenvalue weighted by Gasteiger charge is -2.30. The van der Waals surface area contributed by atoms with E-state index in [-0.39, 0.29) is 11.4 Å². The van der Waals surface area contributed by atoms with Crippen molar-refractivity contribution in [2.24, 2.45) is 10.3 Å². The minimum absolute atomic E-state index is 0.0759. The summed E-state index contributed by atoms with van der Waals surface area (Å²) in [5, 5.41) is 30.6. The quantitative estimate of drug-likeness (QED) is 0.614. The first-order valence-electron chi connectivity index (χ1n) is 5.95. The SMILES string of the molecule is Cc1ccc2c(c1)N=N[N+]2([O-])c1cc(C)ccc1O. The maximum absolute atomic E-state index is 12.9. The van der Waals surface area contributed by atoms with E-state index in [0.717, 1.165) is 11.1 Å². The first-order chi connectivity index (χ1) is 9.00. The number of fused-ring (bicyclic) bond motifs is 1. The molecular formula is C14H13N3O2. The topological polar surface area (TPSA) is 68.0 Å². The fraction of sp³-hybridized carbons (Fsp3) is 0.143. The van der Waals surface area contributed by atoms with Gasteiger partial charge in [0.2, 0.25) is 5.69 Å². The average Bonchev–Trinajstić information content (AvgIpc) is 2.70. The highest BCUT2D eigenvalue weighted by Gasteiger charge is 2.35. The van der Waals surface area contributed by atoms with Crippen LogP contribution in [-0.2, 0) is 0 Å². The van der Waals surface area contributed by atoms with Gasteiger partial charge in [0.15, 0.2) is 17.1 Å². The van der Waals surface area contributed by atoms with Gasteiger partial charge in [-0.05, 0) is 37.1 Å². The van der Waals surface area contributed by atoms with Crippen LogP contribution in [0.15, 0.2) is 46.7 Å². The maximum Gasteiger partial charge on any atom is 0.208 e. The molecule has 1 aliphatic heterocycles. The number of rotatable bonds is 1. The van der Waals surface area contributed by atoms with E-state index in [1.54, 1.807) is 18.2 Å². The Bertz CT molecular complexity index is 697. The van der Waals surface area contributed by atoms with Gasteiger partial charge in [0, 0.05) is 17.4 Å². The monoisotopic (exact) mass is 255 g/mol. The van der Waals surface area contributed by atoms with Crippen molar-refractivity contribution in [1.82, 2.24) is 4.76 Å². The Kier molecular flexibility index (Phi) is 2.41. The van der Waals surface area contributed by atoms with Crippen LogP contribution in [0.1, 0.15) is 11.1 Å². The molecule has 1 atom stereocenters. The second-order valence-electron chi connectivity index (χ2n) is 4.75. The zero-order valence-corrected chi connectivity index (χ0v) is 10.7. The molecule has 1 heterocycles. The van der Waals surface area contributed by atoms with Gasteiger partial charge in [-0.3, -0.25) is 0 Å². The third-order valence-electron chi connectivity index (χ3n) is 3.19. The normalized spacial score (nSPS) is 20.6. The summed E-state index contributed by atoms with van der Waals surface area (Å²) >= 11 is 0. The molecule has 5 nitrogen and oxygen atoms in total. The Labute approximate surface area is 110 Å². The fourth-order valence-corrected chi connectivity index (χ4v) is 2.18. The van der Waals surface area contributed by atoms with Crippen molar-refractivity contribution >= 4 is 17.1 Å². The van der Waals surface area contributed by atoms with Gasteiger partial charge in [-0.2, -0.15) is 0 Å². The molecular weight excluding hydrogens is 242 g/mol. The Morgan fingerprint density at radius 1 is 1.00 bits per heavy atom. The number of hydrogen-bond acceptors (Lipinski definition) is 4. The number of benzene rings is 2. The van der Waals surface area contributed by atoms with E-state index in [1.165, 1.54) is 6.07 Å². The van der Waals surface area contributed by atoms with Gasteiger partial charge in [-0.1, -0.05) is 17.2 Å². The highest BCUT2D eigenvalue weighted by molar-refractivity contribution is 5.75. The number of aromatic hydroxyl groups is 1. The summed E-state index contributed by atoms with van der Waals surface area (Å²) in [6.07, 6.45) is 0. The Morgan fingerprint density at radius 3 is 2.47 bits per heavy atom.